The molecule has 1 nitrogen and oxygen atoms in total. The Labute approximate surface area is 120 Å². The Morgan fingerprint density at radius 3 is 1.94 bits per heavy atom. The fourth-order valence-electron chi connectivity index (χ4n) is 2.27. The minimum Gasteiger partial charge on any atom is -0.491 e. The van der Waals surface area contributed by atoms with Gasteiger partial charge in [0.05, 0.1) is 6.61 Å². The lowest BCUT2D eigenvalue weighted by molar-refractivity contribution is 0.355. The van der Waals surface area contributed by atoms with E-state index < -0.39 is 0 Å². The largest absolute Gasteiger partial charge is 0.491 e. The van der Waals surface area contributed by atoms with Crippen molar-refractivity contribution in [2.75, 3.05) is 11.0 Å². The molecule has 0 aromatic heterocycles. The van der Waals surface area contributed by atoms with Crippen molar-refractivity contribution in [1.82, 2.24) is 0 Å². The molecular weight excluding hydrogens is 335 g/mol. The molecule has 0 spiro atoms. The number of halogens is 1. The van der Waals surface area contributed by atoms with E-state index in [1.807, 2.05) is 0 Å². The predicted molar refractivity (Wildman–Crippen MR) is 85.8 cm³/mol. The van der Waals surface area contributed by atoms with E-state index in [1.165, 1.54) is 21.5 Å². The van der Waals surface area contributed by atoms with Gasteiger partial charge in [0.25, 0.3) is 0 Å². The molecule has 90 valence electrons. The van der Waals surface area contributed by atoms with Crippen LogP contribution < -0.4 is 4.74 Å². The Balaban J connectivity index is 2.34. The van der Waals surface area contributed by atoms with Gasteiger partial charge in [-0.2, -0.15) is 0 Å². The summed E-state index contributed by atoms with van der Waals surface area (Å²) in [7, 11) is 0. The van der Waals surface area contributed by atoms with Gasteiger partial charge in [0.1, 0.15) is 5.75 Å². The summed E-state index contributed by atoms with van der Waals surface area (Å²) in [6.45, 7) is 0.749. The molecule has 0 aliphatic rings. The lowest BCUT2D eigenvalue weighted by Gasteiger charge is -2.12. The number of alkyl halides is 1. The summed E-state index contributed by atoms with van der Waals surface area (Å²) in [5.41, 5.74) is 0. The highest BCUT2D eigenvalue weighted by molar-refractivity contribution is 14.1. The van der Waals surface area contributed by atoms with E-state index in [4.69, 9.17) is 4.74 Å². The topological polar surface area (TPSA) is 9.23 Å². The second kappa shape index (κ2) is 5.14. The number of hydrogen-bond donors (Lipinski definition) is 0. The van der Waals surface area contributed by atoms with Crippen molar-refractivity contribution in [2.24, 2.45) is 0 Å². The first-order valence-electron chi connectivity index (χ1n) is 5.99. The molecule has 0 bridgehead atoms. The van der Waals surface area contributed by atoms with Crippen LogP contribution in [0.25, 0.3) is 21.5 Å². The van der Waals surface area contributed by atoms with E-state index >= 15 is 0 Å². The maximum atomic E-state index is 5.97. The average molecular weight is 348 g/mol. The highest BCUT2D eigenvalue weighted by atomic mass is 127. The van der Waals surface area contributed by atoms with E-state index in [1.54, 1.807) is 0 Å². The average Bonchev–Trinajstić information content (AvgIpc) is 2.43. The summed E-state index contributed by atoms with van der Waals surface area (Å²) in [5.74, 6) is 1.01. The van der Waals surface area contributed by atoms with E-state index in [0.717, 1.165) is 16.8 Å². The smallest absolute Gasteiger partial charge is 0.134 e. The molecule has 3 aromatic carbocycles. The van der Waals surface area contributed by atoms with Gasteiger partial charge in [-0.15, -0.1) is 0 Å². The Bertz CT molecular complexity index is 637. The van der Waals surface area contributed by atoms with Crippen molar-refractivity contribution in [3.8, 4) is 5.75 Å². The molecule has 3 aromatic rings. The monoisotopic (exact) mass is 348 g/mol. The SMILES string of the molecule is ICCOc1c2ccccc2cc2ccccc12. The van der Waals surface area contributed by atoms with Gasteiger partial charge >= 0.3 is 0 Å². The Hall–Kier alpha value is -1.29. The van der Waals surface area contributed by atoms with Crippen LogP contribution in [0.3, 0.4) is 0 Å². The Morgan fingerprint density at radius 2 is 1.39 bits per heavy atom. The van der Waals surface area contributed by atoms with Crippen molar-refractivity contribution >= 4 is 44.1 Å². The Morgan fingerprint density at radius 1 is 0.833 bits per heavy atom. The highest BCUT2D eigenvalue weighted by Gasteiger charge is 2.07. The fourth-order valence-corrected chi connectivity index (χ4v) is 2.49. The molecular formula is C16H13IO. The number of ether oxygens (including phenoxy) is 1. The zero-order chi connectivity index (χ0) is 12.4. The molecule has 18 heavy (non-hydrogen) atoms. The number of hydrogen-bond acceptors (Lipinski definition) is 1. The summed E-state index contributed by atoms with van der Waals surface area (Å²) < 4.78 is 6.97. The van der Waals surface area contributed by atoms with E-state index in [-0.39, 0.29) is 0 Å². The van der Waals surface area contributed by atoms with Crippen molar-refractivity contribution in [2.45, 2.75) is 0 Å². The molecule has 2 heteroatoms. The number of benzene rings is 3. The highest BCUT2D eigenvalue weighted by Crippen LogP contribution is 2.34. The van der Waals surface area contributed by atoms with Gasteiger partial charge in [0, 0.05) is 15.2 Å². The maximum Gasteiger partial charge on any atom is 0.134 e. The summed E-state index contributed by atoms with van der Waals surface area (Å²) in [6, 6.07) is 19.0. The molecule has 0 heterocycles. The molecule has 0 fully saturated rings. The summed E-state index contributed by atoms with van der Waals surface area (Å²) in [5, 5.41) is 4.86. The van der Waals surface area contributed by atoms with Crippen LogP contribution in [-0.4, -0.2) is 11.0 Å². The van der Waals surface area contributed by atoms with E-state index in [0.29, 0.717) is 0 Å². The Kier molecular flexibility index (Phi) is 3.37. The lowest BCUT2D eigenvalue weighted by Crippen LogP contribution is -1.99. The molecule has 0 N–H and O–H groups in total. The second-order valence-electron chi connectivity index (χ2n) is 4.19. The molecule has 0 aliphatic carbocycles. The molecule has 0 radical (unpaired) electrons. The van der Waals surface area contributed by atoms with Crippen LogP contribution in [0.15, 0.2) is 54.6 Å². The fraction of sp³-hybridized carbons (Fsp3) is 0.125. The molecule has 0 saturated carbocycles. The third-order valence-corrected chi connectivity index (χ3v) is 3.49. The standard InChI is InChI=1S/C16H13IO/c17-9-10-18-16-14-7-3-1-5-12(14)11-13-6-2-4-8-15(13)16/h1-8,11H,9-10H2. The minimum atomic E-state index is 0.749. The zero-order valence-electron chi connectivity index (χ0n) is 9.90. The van der Waals surface area contributed by atoms with Crippen LogP contribution >= 0.6 is 22.6 Å². The van der Waals surface area contributed by atoms with Crippen LogP contribution in [0.5, 0.6) is 5.75 Å². The lowest BCUT2D eigenvalue weighted by atomic mass is 10.0. The third-order valence-electron chi connectivity index (χ3n) is 3.05. The van der Waals surface area contributed by atoms with Crippen LogP contribution in [0.2, 0.25) is 0 Å². The van der Waals surface area contributed by atoms with Crippen LogP contribution in [0, 0.1) is 0 Å². The van der Waals surface area contributed by atoms with Gasteiger partial charge in [0.15, 0.2) is 0 Å². The van der Waals surface area contributed by atoms with Gasteiger partial charge in [-0.1, -0.05) is 71.1 Å². The molecule has 3 rings (SSSR count). The molecule has 0 aliphatic heterocycles. The third kappa shape index (κ3) is 2.05. The van der Waals surface area contributed by atoms with Gasteiger partial charge in [0.2, 0.25) is 0 Å². The van der Waals surface area contributed by atoms with Crippen LogP contribution in [-0.2, 0) is 0 Å². The number of rotatable bonds is 3. The van der Waals surface area contributed by atoms with Gasteiger partial charge in [-0.05, 0) is 16.8 Å². The zero-order valence-corrected chi connectivity index (χ0v) is 12.1. The normalized spacial score (nSPS) is 10.9. The van der Waals surface area contributed by atoms with Gasteiger partial charge < -0.3 is 4.74 Å². The van der Waals surface area contributed by atoms with Crippen LogP contribution in [0.4, 0.5) is 0 Å². The first-order valence-corrected chi connectivity index (χ1v) is 7.52. The van der Waals surface area contributed by atoms with Crippen molar-refractivity contribution in [3.05, 3.63) is 54.6 Å². The summed E-state index contributed by atoms with van der Waals surface area (Å²) in [4.78, 5) is 0. The molecule has 0 unspecified atom stereocenters. The first kappa shape index (κ1) is 11.8. The van der Waals surface area contributed by atoms with Gasteiger partial charge in [-0.25, -0.2) is 0 Å². The van der Waals surface area contributed by atoms with Gasteiger partial charge in [-0.3, -0.25) is 0 Å². The maximum absolute atomic E-state index is 5.97. The number of fused-ring (bicyclic) bond motifs is 2. The predicted octanol–water partition coefficient (Wildman–Crippen LogP) is 4.81. The van der Waals surface area contributed by atoms with Crippen molar-refractivity contribution < 1.29 is 4.74 Å². The van der Waals surface area contributed by atoms with Crippen molar-refractivity contribution in [3.63, 3.8) is 0 Å². The van der Waals surface area contributed by atoms with Crippen LogP contribution in [0.1, 0.15) is 0 Å². The summed E-state index contributed by atoms with van der Waals surface area (Å²) >= 11 is 2.34. The first-order chi connectivity index (χ1) is 8.90. The second-order valence-corrected chi connectivity index (χ2v) is 5.26. The minimum absolute atomic E-state index is 0.749. The van der Waals surface area contributed by atoms with Crippen molar-refractivity contribution in [1.29, 1.82) is 0 Å². The molecule has 0 amide bonds. The van der Waals surface area contributed by atoms with E-state index in [9.17, 15) is 0 Å². The van der Waals surface area contributed by atoms with E-state index in [2.05, 4.69) is 77.2 Å². The molecule has 0 saturated heterocycles. The molecule has 0 atom stereocenters. The summed E-state index contributed by atoms with van der Waals surface area (Å²) in [6.07, 6.45) is 0. The quantitative estimate of drug-likeness (QED) is 0.375.